The van der Waals surface area contributed by atoms with Crippen LogP contribution in [0.5, 0.6) is 0 Å². The van der Waals surface area contributed by atoms with Crippen molar-refractivity contribution in [1.82, 2.24) is 10.3 Å². The van der Waals surface area contributed by atoms with Crippen LogP contribution in [0.1, 0.15) is 22.0 Å². The van der Waals surface area contributed by atoms with Crippen LogP contribution >= 0.6 is 22.9 Å². The van der Waals surface area contributed by atoms with E-state index in [0.717, 1.165) is 26.4 Å². The lowest BCUT2D eigenvalue weighted by molar-refractivity contribution is 0.704. The molecule has 3 aromatic rings. The van der Waals surface area contributed by atoms with Gasteiger partial charge in [0.2, 0.25) is 0 Å². The molecule has 102 valence electrons. The van der Waals surface area contributed by atoms with Gasteiger partial charge in [0.15, 0.2) is 0 Å². The van der Waals surface area contributed by atoms with Crippen LogP contribution in [0.25, 0.3) is 10.9 Å². The van der Waals surface area contributed by atoms with E-state index in [-0.39, 0.29) is 6.04 Å². The molecular formula is C16H15ClN2S. The summed E-state index contributed by atoms with van der Waals surface area (Å²) in [6.07, 6.45) is 1.82. The molecular weight excluding hydrogens is 288 g/mol. The van der Waals surface area contributed by atoms with E-state index in [9.17, 15) is 0 Å². The third kappa shape index (κ3) is 2.33. The van der Waals surface area contributed by atoms with Crippen LogP contribution in [-0.4, -0.2) is 12.0 Å². The molecule has 1 N–H and O–H groups in total. The first kappa shape index (κ1) is 13.6. The highest BCUT2D eigenvalue weighted by Crippen LogP contribution is 2.36. The van der Waals surface area contributed by atoms with Crippen LogP contribution in [0.15, 0.2) is 41.9 Å². The lowest BCUT2D eigenvalue weighted by atomic mass is 10.0. The number of hydrogen-bond acceptors (Lipinski definition) is 3. The summed E-state index contributed by atoms with van der Waals surface area (Å²) in [5, 5.41) is 7.47. The molecule has 0 aliphatic rings. The monoisotopic (exact) mass is 302 g/mol. The molecule has 0 amide bonds. The van der Waals surface area contributed by atoms with Crippen molar-refractivity contribution >= 4 is 33.8 Å². The molecule has 0 saturated heterocycles. The van der Waals surface area contributed by atoms with Crippen LogP contribution in [0.2, 0.25) is 5.02 Å². The van der Waals surface area contributed by atoms with Crippen molar-refractivity contribution in [3.8, 4) is 0 Å². The van der Waals surface area contributed by atoms with Crippen molar-refractivity contribution in [3.05, 3.63) is 62.9 Å². The predicted octanol–water partition coefficient (Wildman–Crippen LogP) is 4.57. The van der Waals surface area contributed by atoms with Gasteiger partial charge in [-0.2, -0.15) is 0 Å². The van der Waals surface area contributed by atoms with Crippen molar-refractivity contribution in [3.63, 3.8) is 0 Å². The first-order valence-electron chi connectivity index (χ1n) is 6.46. The van der Waals surface area contributed by atoms with Crippen molar-refractivity contribution in [2.45, 2.75) is 13.0 Å². The maximum atomic E-state index is 6.41. The third-order valence-corrected chi connectivity index (χ3v) is 5.22. The second-order valence-corrected chi connectivity index (χ2v) is 6.06. The molecule has 2 nitrogen and oxygen atoms in total. The second-order valence-electron chi connectivity index (χ2n) is 4.77. The van der Waals surface area contributed by atoms with E-state index >= 15 is 0 Å². The zero-order valence-corrected chi connectivity index (χ0v) is 12.9. The van der Waals surface area contributed by atoms with Crippen molar-refractivity contribution < 1.29 is 0 Å². The molecule has 20 heavy (non-hydrogen) atoms. The Hall–Kier alpha value is -1.42. The number of aromatic nitrogens is 1. The Balaban J connectivity index is 2.09. The number of nitrogens with one attached hydrogen (secondary N) is 1. The Morgan fingerprint density at radius 3 is 2.85 bits per heavy atom. The molecule has 0 aliphatic carbocycles. The van der Waals surface area contributed by atoms with Crippen molar-refractivity contribution in [2.24, 2.45) is 0 Å². The first-order chi connectivity index (χ1) is 9.70. The fourth-order valence-corrected chi connectivity index (χ4v) is 3.81. The van der Waals surface area contributed by atoms with Crippen LogP contribution in [0.4, 0.5) is 0 Å². The quantitative estimate of drug-likeness (QED) is 0.767. The van der Waals surface area contributed by atoms with Crippen molar-refractivity contribution in [1.29, 1.82) is 0 Å². The molecule has 0 saturated carbocycles. The fourth-order valence-electron chi connectivity index (χ4n) is 2.37. The first-order valence-corrected chi connectivity index (χ1v) is 7.72. The van der Waals surface area contributed by atoms with E-state index < -0.39 is 0 Å². The lowest BCUT2D eigenvalue weighted by Gasteiger charge is -2.16. The molecule has 2 aromatic heterocycles. The summed E-state index contributed by atoms with van der Waals surface area (Å²) in [6.45, 7) is 2.04. The van der Waals surface area contributed by atoms with Crippen LogP contribution < -0.4 is 5.32 Å². The van der Waals surface area contributed by atoms with Gasteiger partial charge >= 0.3 is 0 Å². The summed E-state index contributed by atoms with van der Waals surface area (Å²) in [7, 11) is 1.96. The summed E-state index contributed by atoms with van der Waals surface area (Å²) in [4.78, 5) is 5.52. The fraction of sp³-hybridized carbons (Fsp3) is 0.188. The molecule has 2 heterocycles. The second kappa shape index (κ2) is 5.52. The largest absolute Gasteiger partial charge is 0.309 e. The molecule has 0 spiro atoms. The minimum absolute atomic E-state index is 0.116. The molecule has 1 atom stereocenters. The number of benzene rings is 1. The number of aryl methyl sites for hydroxylation is 1. The number of fused-ring (bicyclic) bond motifs is 1. The number of nitrogens with zero attached hydrogens (tertiary/aromatic N) is 1. The summed E-state index contributed by atoms with van der Waals surface area (Å²) < 4.78 is 0. The van der Waals surface area contributed by atoms with Gasteiger partial charge in [-0.3, -0.25) is 4.98 Å². The van der Waals surface area contributed by atoms with Crippen LogP contribution in [-0.2, 0) is 0 Å². The smallest absolute Gasteiger partial charge is 0.0702 e. The van der Waals surface area contributed by atoms with Gasteiger partial charge < -0.3 is 5.32 Å². The van der Waals surface area contributed by atoms with Crippen molar-refractivity contribution in [2.75, 3.05) is 7.05 Å². The minimum atomic E-state index is 0.116. The molecule has 0 fully saturated rings. The topological polar surface area (TPSA) is 24.9 Å². The highest BCUT2D eigenvalue weighted by Gasteiger charge is 2.18. The Labute approximate surface area is 127 Å². The Morgan fingerprint density at radius 1 is 1.30 bits per heavy atom. The van der Waals surface area contributed by atoms with Gasteiger partial charge in [0.1, 0.15) is 0 Å². The number of thiophene rings is 1. The number of pyridine rings is 1. The van der Waals surface area contributed by atoms with Gasteiger partial charge in [-0.1, -0.05) is 23.7 Å². The van der Waals surface area contributed by atoms with E-state index in [1.807, 2.05) is 26.2 Å². The molecule has 1 unspecified atom stereocenters. The lowest BCUT2D eigenvalue weighted by Crippen LogP contribution is -2.16. The highest BCUT2D eigenvalue weighted by molar-refractivity contribution is 7.10. The van der Waals surface area contributed by atoms with E-state index in [4.69, 9.17) is 11.6 Å². The van der Waals surface area contributed by atoms with Gasteiger partial charge in [-0.25, -0.2) is 0 Å². The third-order valence-electron chi connectivity index (χ3n) is 3.44. The van der Waals surface area contributed by atoms with Gasteiger partial charge in [0.05, 0.1) is 16.6 Å². The maximum Gasteiger partial charge on any atom is 0.0702 e. The van der Waals surface area contributed by atoms with E-state index in [1.165, 1.54) is 5.56 Å². The summed E-state index contributed by atoms with van der Waals surface area (Å²) >= 11 is 8.11. The van der Waals surface area contributed by atoms with E-state index in [0.29, 0.717) is 0 Å². The molecule has 0 bridgehead atoms. The van der Waals surface area contributed by atoms with Gasteiger partial charge in [-0.05, 0) is 48.7 Å². The van der Waals surface area contributed by atoms with Gasteiger partial charge in [0, 0.05) is 16.5 Å². The van der Waals surface area contributed by atoms with Crippen LogP contribution in [0, 0.1) is 6.92 Å². The summed E-state index contributed by atoms with van der Waals surface area (Å²) in [5.41, 5.74) is 3.35. The number of rotatable bonds is 3. The van der Waals surface area contributed by atoms with E-state index in [2.05, 4.69) is 39.9 Å². The van der Waals surface area contributed by atoms with Gasteiger partial charge in [0.25, 0.3) is 0 Å². The molecule has 0 aliphatic heterocycles. The van der Waals surface area contributed by atoms with E-state index in [1.54, 1.807) is 11.3 Å². The maximum absolute atomic E-state index is 6.41. The predicted molar refractivity (Wildman–Crippen MR) is 86.7 cm³/mol. The average molecular weight is 303 g/mol. The summed E-state index contributed by atoms with van der Waals surface area (Å²) in [6, 6.07) is 10.5. The highest BCUT2D eigenvalue weighted by atomic mass is 35.5. The number of hydrogen-bond donors (Lipinski definition) is 1. The summed E-state index contributed by atoms with van der Waals surface area (Å²) in [5.74, 6) is 0. The molecule has 3 rings (SSSR count). The van der Waals surface area contributed by atoms with Gasteiger partial charge in [-0.15, -0.1) is 11.3 Å². The molecule has 0 radical (unpaired) electrons. The Kier molecular flexibility index (Phi) is 3.74. The normalized spacial score (nSPS) is 12.8. The minimum Gasteiger partial charge on any atom is -0.309 e. The zero-order valence-electron chi connectivity index (χ0n) is 11.4. The average Bonchev–Trinajstić information content (AvgIpc) is 2.80. The standard InChI is InChI=1S/C16H15ClN2S/c1-10-9-20-16(14(10)17)15(18-2)12-5-6-13-11(8-12)4-3-7-19-13/h3-9,15,18H,1-2H3. The Bertz CT molecular complexity index is 751. The number of halogens is 1. The Morgan fingerprint density at radius 2 is 2.15 bits per heavy atom. The zero-order chi connectivity index (χ0) is 14.1. The van der Waals surface area contributed by atoms with Crippen LogP contribution in [0.3, 0.4) is 0 Å². The molecule has 1 aromatic carbocycles. The SMILES string of the molecule is CNC(c1ccc2ncccc2c1)c1scc(C)c1Cl. The molecule has 4 heteroatoms.